The Kier molecular flexibility index (Phi) is 3.65. The van der Waals surface area contributed by atoms with Crippen molar-refractivity contribution in [3.63, 3.8) is 0 Å². The lowest BCUT2D eigenvalue weighted by molar-refractivity contribution is 0.0475. The van der Waals surface area contributed by atoms with E-state index in [1.54, 1.807) is 12.3 Å². The Bertz CT molecular complexity index is 782. The molecule has 0 radical (unpaired) electrons. The van der Waals surface area contributed by atoms with Gasteiger partial charge in [0, 0.05) is 17.3 Å². The van der Waals surface area contributed by atoms with Crippen molar-refractivity contribution in [2.75, 3.05) is 0 Å². The van der Waals surface area contributed by atoms with Crippen LogP contribution in [0, 0.1) is 6.92 Å². The average Bonchev–Trinajstić information content (AvgIpc) is 2.53. The third kappa shape index (κ3) is 2.92. The van der Waals surface area contributed by atoms with Gasteiger partial charge in [-0.2, -0.15) is 0 Å². The van der Waals surface area contributed by atoms with Gasteiger partial charge in [0.2, 0.25) is 0 Å². The maximum Gasteiger partial charge on any atom is 0.339 e. The van der Waals surface area contributed by atoms with Gasteiger partial charge in [0.15, 0.2) is 0 Å². The molecule has 0 saturated carbocycles. The lowest BCUT2D eigenvalue weighted by atomic mass is 10.1. The molecule has 3 heteroatoms. The van der Waals surface area contributed by atoms with E-state index in [0.717, 1.165) is 22.0 Å². The molecule has 1 aromatic heterocycles. The largest absolute Gasteiger partial charge is 0.457 e. The van der Waals surface area contributed by atoms with E-state index >= 15 is 0 Å². The molecule has 0 fully saturated rings. The van der Waals surface area contributed by atoms with Crippen molar-refractivity contribution in [1.29, 1.82) is 0 Å². The highest BCUT2D eigenvalue weighted by molar-refractivity contribution is 6.04. The van der Waals surface area contributed by atoms with E-state index in [0.29, 0.717) is 5.56 Å². The van der Waals surface area contributed by atoms with Crippen LogP contribution in [0.25, 0.3) is 10.8 Å². The number of fused-ring (bicyclic) bond motifs is 1. The number of benzene rings is 2. The second-order valence-corrected chi connectivity index (χ2v) is 4.91. The summed E-state index contributed by atoms with van der Waals surface area (Å²) in [5.74, 6) is -0.310. The standard InChI is InChI=1S/C18H15NO2/c1-13-10-17-15(11-19-13)8-5-9-16(17)18(20)21-12-14-6-3-2-4-7-14/h2-11H,12H2,1H3. The van der Waals surface area contributed by atoms with Crippen LogP contribution in [-0.2, 0) is 11.3 Å². The highest BCUT2D eigenvalue weighted by Gasteiger charge is 2.11. The van der Waals surface area contributed by atoms with Crippen molar-refractivity contribution in [2.45, 2.75) is 13.5 Å². The molecule has 0 unspecified atom stereocenters. The Morgan fingerprint density at radius 1 is 1.10 bits per heavy atom. The Morgan fingerprint density at radius 2 is 1.90 bits per heavy atom. The topological polar surface area (TPSA) is 39.2 Å². The molecular formula is C18H15NO2. The third-order valence-corrected chi connectivity index (χ3v) is 3.33. The smallest absolute Gasteiger partial charge is 0.339 e. The Hall–Kier alpha value is -2.68. The lowest BCUT2D eigenvalue weighted by Crippen LogP contribution is -2.06. The highest BCUT2D eigenvalue weighted by atomic mass is 16.5. The first kappa shape index (κ1) is 13.3. The number of rotatable bonds is 3. The molecule has 0 aliphatic rings. The minimum atomic E-state index is -0.310. The van der Waals surface area contributed by atoms with Crippen LogP contribution >= 0.6 is 0 Å². The normalized spacial score (nSPS) is 10.5. The zero-order chi connectivity index (χ0) is 14.7. The van der Waals surface area contributed by atoms with E-state index in [1.165, 1.54) is 0 Å². The van der Waals surface area contributed by atoms with Crippen LogP contribution in [0.1, 0.15) is 21.6 Å². The monoisotopic (exact) mass is 277 g/mol. The van der Waals surface area contributed by atoms with Crippen LogP contribution in [0.15, 0.2) is 60.8 Å². The van der Waals surface area contributed by atoms with Gasteiger partial charge in [-0.1, -0.05) is 42.5 Å². The Morgan fingerprint density at radius 3 is 2.71 bits per heavy atom. The summed E-state index contributed by atoms with van der Waals surface area (Å²) < 4.78 is 5.40. The zero-order valence-electron chi connectivity index (χ0n) is 11.7. The quantitative estimate of drug-likeness (QED) is 0.681. The van der Waals surface area contributed by atoms with Gasteiger partial charge in [0.1, 0.15) is 6.61 Å². The number of nitrogens with zero attached hydrogens (tertiary/aromatic N) is 1. The number of aryl methyl sites for hydroxylation is 1. The van der Waals surface area contributed by atoms with Crippen molar-refractivity contribution in [3.05, 3.63) is 77.6 Å². The molecule has 3 rings (SSSR count). The fourth-order valence-electron chi connectivity index (χ4n) is 2.25. The van der Waals surface area contributed by atoms with Gasteiger partial charge in [0.05, 0.1) is 5.56 Å². The van der Waals surface area contributed by atoms with Crippen LogP contribution in [0.4, 0.5) is 0 Å². The predicted molar refractivity (Wildman–Crippen MR) is 82.0 cm³/mol. The van der Waals surface area contributed by atoms with E-state index in [2.05, 4.69) is 4.98 Å². The van der Waals surface area contributed by atoms with Crippen LogP contribution in [0.2, 0.25) is 0 Å². The van der Waals surface area contributed by atoms with Gasteiger partial charge in [-0.25, -0.2) is 4.79 Å². The molecule has 0 aliphatic heterocycles. The molecule has 0 N–H and O–H groups in total. The number of aromatic nitrogens is 1. The van der Waals surface area contributed by atoms with Crippen molar-refractivity contribution >= 4 is 16.7 Å². The number of hydrogen-bond acceptors (Lipinski definition) is 3. The molecule has 0 bridgehead atoms. The first-order chi connectivity index (χ1) is 10.2. The first-order valence-corrected chi connectivity index (χ1v) is 6.80. The number of ether oxygens (including phenoxy) is 1. The third-order valence-electron chi connectivity index (χ3n) is 3.33. The fraction of sp³-hybridized carbons (Fsp3) is 0.111. The van der Waals surface area contributed by atoms with Crippen LogP contribution in [-0.4, -0.2) is 11.0 Å². The van der Waals surface area contributed by atoms with Crippen LogP contribution in [0.3, 0.4) is 0 Å². The van der Waals surface area contributed by atoms with Gasteiger partial charge >= 0.3 is 5.97 Å². The maximum absolute atomic E-state index is 12.3. The molecule has 0 spiro atoms. The summed E-state index contributed by atoms with van der Waals surface area (Å²) in [6.45, 7) is 2.19. The van der Waals surface area contributed by atoms with Gasteiger partial charge in [-0.05, 0) is 30.0 Å². The van der Waals surface area contributed by atoms with Crippen LogP contribution in [0.5, 0.6) is 0 Å². The van der Waals surface area contributed by atoms with Crippen molar-refractivity contribution in [3.8, 4) is 0 Å². The number of hydrogen-bond donors (Lipinski definition) is 0. The summed E-state index contributed by atoms with van der Waals surface area (Å²) in [7, 11) is 0. The van der Waals surface area contributed by atoms with Crippen molar-refractivity contribution in [1.82, 2.24) is 4.98 Å². The number of esters is 1. The second kappa shape index (κ2) is 5.75. The lowest BCUT2D eigenvalue weighted by Gasteiger charge is -2.08. The van der Waals surface area contributed by atoms with Crippen molar-refractivity contribution in [2.24, 2.45) is 0 Å². The Balaban J connectivity index is 1.86. The minimum absolute atomic E-state index is 0.278. The summed E-state index contributed by atoms with van der Waals surface area (Å²) in [5, 5.41) is 1.82. The molecule has 3 nitrogen and oxygen atoms in total. The summed E-state index contributed by atoms with van der Waals surface area (Å²) in [5.41, 5.74) is 2.43. The molecule has 0 saturated heterocycles. The SMILES string of the molecule is Cc1cc2c(C(=O)OCc3ccccc3)cccc2cn1. The molecule has 1 heterocycles. The van der Waals surface area contributed by atoms with Crippen molar-refractivity contribution < 1.29 is 9.53 Å². The zero-order valence-corrected chi connectivity index (χ0v) is 11.7. The summed E-state index contributed by atoms with van der Waals surface area (Å²) in [6.07, 6.45) is 1.78. The first-order valence-electron chi connectivity index (χ1n) is 6.80. The number of carbonyl (C=O) groups is 1. The Labute approximate surface area is 123 Å². The van der Waals surface area contributed by atoms with Gasteiger partial charge in [0.25, 0.3) is 0 Å². The summed E-state index contributed by atoms with van der Waals surface area (Å²) >= 11 is 0. The molecule has 21 heavy (non-hydrogen) atoms. The molecule has 0 aliphatic carbocycles. The van der Waals surface area contributed by atoms with Gasteiger partial charge < -0.3 is 4.74 Å². The average molecular weight is 277 g/mol. The maximum atomic E-state index is 12.3. The van der Waals surface area contributed by atoms with E-state index < -0.39 is 0 Å². The van der Waals surface area contributed by atoms with E-state index in [9.17, 15) is 4.79 Å². The summed E-state index contributed by atoms with van der Waals surface area (Å²) in [4.78, 5) is 16.5. The number of carbonyl (C=O) groups excluding carboxylic acids is 1. The predicted octanol–water partition coefficient (Wildman–Crippen LogP) is 3.90. The van der Waals surface area contributed by atoms with Crippen LogP contribution < -0.4 is 0 Å². The van der Waals surface area contributed by atoms with Gasteiger partial charge in [-0.15, -0.1) is 0 Å². The molecule has 0 amide bonds. The molecular weight excluding hydrogens is 262 g/mol. The summed E-state index contributed by atoms with van der Waals surface area (Å²) in [6, 6.07) is 17.1. The second-order valence-electron chi connectivity index (χ2n) is 4.91. The fourth-order valence-corrected chi connectivity index (χ4v) is 2.25. The molecule has 2 aromatic carbocycles. The number of pyridine rings is 1. The van der Waals surface area contributed by atoms with E-state index in [1.807, 2.05) is 55.5 Å². The van der Waals surface area contributed by atoms with E-state index in [-0.39, 0.29) is 12.6 Å². The minimum Gasteiger partial charge on any atom is -0.457 e. The highest BCUT2D eigenvalue weighted by Crippen LogP contribution is 2.20. The molecule has 104 valence electrons. The van der Waals surface area contributed by atoms with E-state index in [4.69, 9.17) is 4.74 Å². The molecule has 3 aromatic rings. The van der Waals surface area contributed by atoms with Gasteiger partial charge in [-0.3, -0.25) is 4.98 Å². The molecule has 0 atom stereocenters.